The van der Waals surface area contributed by atoms with E-state index in [1.165, 1.54) is 0 Å². The largest absolute Gasteiger partial charge is 0.454 e. The van der Waals surface area contributed by atoms with E-state index < -0.39 is 0 Å². The smallest absolute Gasteiger partial charge is 0.321 e. The predicted octanol–water partition coefficient (Wildman–Crippen LogP) is 3.25. The highest BCUT2D eigenvalue weighted by Gasteiger charge is 2.30. The second-order valence-electron chi connectivity index (χ2n) is 6.81. The topological polar surface area (TPSA) is 80.8 Å². The number of carbonyl (C=O) groups is 2. The third-order valence-corrected chi connectivity index (χ3v) is 4.96. The van der Waals surface area contributed by atoms with E-state index in [9.17, 15) is 9.59 Å². The van der Waals surface area contributed by atoms with Crippen LogP contribution < -0.4 is 14.8 Å². The number of nitrogens with zero attached hydrogens (tertiary/aromatic N) is 2. The number of likely N-dealkylation sites (tertiary alicyclic amines) is 1. The van der Waals surface area contributed by atoms with E-state index in [2.05, 4.69) is 10.3 Å². The number of nitrogens with one attached hydrogen (secondary N) is 1. The fourth-order valence-electron chi connectivity index (χ4n) is 3.47. The maximum Gasteiger partial charge on any atom is 0.321 e. The highest BCUT2D eigenvalue weighted by atomic mass is 16.7. The first-order chi connectivity index (χ1) is 13.1. The maximum absolute atomic E-state index is 12.7. The third kappa shape index (κ3) is 3.58. The van der Waals surface area contributed by atoms with Gasteiger partial charge in [0.15, 0.2) is 17.3 Å². The van der Waals surface area contributed by atoms with E-state index in [0.29, 0.717) is 36.0 Å². The van der Waals surface area contributed by atoms with Crippen molar-refractivity contribution in [2.45, 2.75) is 19.8 Å². The number of hydrogen-bond acceptors (Lipinski definition) is 5. The van der Waals surface area contributed by atoms with Crippen LogP contribution in [0.2, 0.25) is 0 Å². The maximum atomic E-state index is 12.7. The zero-order valence-electron chi connectivity index (χ0n) is 15.1. The first kappa shape index (κ1) is 17.3. The summed E-state index contributed by atoms with van der Waals surface area (Å²) >= 11 is 0. The summed E-state index contributed by atoms with van der Waals surface area (Å²) in [6.07, 6.45) is 3.17. The number of hydrogen-bond donors (Lipinski definition) is 1. The van der Waals surface area contributed by atoms with Gasteiger partial charge in [0, 0.05) is 37.0 Å². The van der Waals surface area contributed by atoms with Crippen molar-refractivity contribution in [2.75, 3.05) is 25.2 Å². The molecule has 2 aromatic rings. The monoisotopic (exact) mass is 367 g/mol. The highest BCUT2D eigenvalue weighted by Crippen LogP contribution is 2.36. The van der Waals surface area contributed by atoms with Crippen molar-refractivity contribution in [2.24, 2.45) is 5.92 Å². The Morgan fingerprint density at radius 3 is 2.81 bits per heavy atom. The number of aryl methyl sites for hydroxylation is 1. The number of ether oxygens (including phenoxy) is 2. The molecule has 1 N–H and O–H groups in total. The zero-order chi connectivity index (χ0) is 18.8. The van der Waals surface area contributed by atoms with E-state index in [1.807, 2.05) is 13.0 Å². The van der Waals surface area contributed by atoms with Gasteiger partial charge in [0.25, 0.3) is 0 Å². The lowest BCUT2D eigenvalue weighted by atomic mass is 9.92. The number of anilines is 1. The zero-order valence-corrected chi connectivity index (χ0v) is 15.1. The van der Waals surface area contributed by atoms with Crippen LogP contribution >= 0.6 is 0 Å². The molecule has 0 spiro atoms. The number of benzene rings is 1. The molecule has 1 unspecified atom stereocenters. The van der Waals surface area contributed by atoms with Crippen molar-refractivity contribution in [3.63, 3.8) is 0 Å². The molecule has 27 heavy (non-hydrogen) atoms. The van der Waals surface area contributed by atoms with Gasteiger partial charge in [0.1, 0.15) is 5.69 Å². The van der Waals surface area contributed by atoms with Crippen LogP contribution in [0.5, 0.6) is 11.5 Å². The number of rotatable bonds is 3. The van der Waals surface area contributed by atoms with E-state index in [0.717, 1.165) is 18.4 Å². The molecule has 2 aliphatic heterocycles. The Bertz CT molecular complexity index is 869. The Balaban J connectivity index is 1.44. The van der Waals surface area contributed by atoms with Gasteiger partial charge >= 0.3 is 6.03 Å². The summed E-state index contributed by atoms with van der Waals surface area (Å²) in [6, 6.07) is 8.71. The van der Waals surface area contributed by atoms with E-state index >= 15 is 0 Å². The number of ketones is 1. The van der Waals surface area contributed by atoms with Crippen molar-refractivity contribution in [1.29, 1.82) is 0 Å². The van der Waals surface area contributed by atoms with Crippen molar-refractivity contribution in [3.05, 3.63) is 47.8 Å². The minimum absolute atomic E-state index is 0.00707. The molecule has 1 fully saturated rings. The lowest BCUT2D eigenvalue weighted by molar-refractivity contribution is 0.0846. The lowest BCUT2D eigenvalue weighted by Crippen LogP contribution is -2.44. The molecular formula is C20H21N3O4. The van der Waals surface area contributed by atoms with Gasteiger partial charge in [-0.25, -0.2) is 4.79 Å². The Morgan fingerprint density at radius 1 is 1.22 bits per heavy atom. The fraction of sp³-hybridized carbons (Fsp3) is 0.350. The molecule has 0 bridgehead atoms. The molecule has 1 aromatic carbocycles. The number of carbonyl (C=O) groups excluding carboxylic acids is 2. The summed E-state index contributed by atoms with van der Waals surface area (Å²) in [7, 11) is 0. The van der Waals surface area contributed by atoms with Gasteiger partial charge in [-0.1, -0.05) is 6.07 Å². The minimum Gasteiger partial charge on any atom is -0.454 e. The molecule has 4 rings (SSSR count). The number of Topliss-reactive ketones (excluding diaryl/α,β-unsaturated/α-hetero) is 1. The average molecular weight is 367 g/mol. The van der Waals surface area contributed by atoms with E-state index in [4.69, 9.17) is 9.47 Å². The Kier molecular flexibility index (Phi) is 4.66. The summed E-state index contributed by atoms with van der Waals surface area (Å²) in [5.41, 5.74) is 2.03. The molecule has 2 aliphatic rings. The molecule has 0 radical (unpaired) electrons. The molecule has 3 heterocycles. The molecule has 7 heteroatoms. The number of amides is 2. The van der Waals surface area contributed by atoms with Crippen LogP contribution in [-0.2, 0) is 0 Å². The predicted molar refractivity (Wildman–Crippen MR) is 99.2 cm³/mol. The molecular weight excluding hydrogens is 346 g/mol. The molecule has 1 aromatic heterocycles. The molecule has 1 atom stereocenters. The van der Waals surface area contributed by atoms with Gasteiger partial charge in [-0.15, -0.1) is 0 Å². The Labute approximate surface area is 157 Å². The summed E-state index contributed by atoms with van der Waals surface area (Å²) < 4.78 is 10.7. The van der Waals surface area contributed by atoms with E-state index in [-0.39, 0.29) is 24.5 Å². The molecule has 7 nitrogen and oxygen atoms in total. The quantitative estimate of drug-likeness (QED) is 0.843. The number of urea groups is 1. The summed E-state index contributed by atoms with van der Waals surface area (Å²) in [5, 5.41) is 2.93. The lowest BCUT2D eigenvalue weighted by Gasteiger charge is -2.32. The van der Waals surface area contributed by atoms with Crippen molar-refractivity contribution in [3.8, 4) is 11.5 Å². The summed E-state index contributed by atoms with van der Waals surface area (Å²) in [5.74, 6) is 1.08. The van der Waals surface area contributed by atoms with Gasteiger partial charge in [-0.3, -0.25) is 9.78 Å². The number of aromatic nitrogens is 1. The number of pyridine rings is 1. The first-order valence-corrected chi connectivity index (χ1v) is 9.03. The second-order valence-corrected chi connectivity index (χ2v) is 6.81. The fourth-order valence-corrected chi connectivity index (χ4v) is 3.47. The third-order valence-electron chi connectivity index (χ3n) is 4.96. The summed E-state index contributed by atoms with van der Waals surface area (Å²) in [4.78, 5) is 31.2. The van der Waals surface area contributed by atoms with Gasteiger partial charge in [0.05, 0.1) is 0 Å². The SMILES string of the molecule is Cc1cc2c(cc1NC(=O)N1CCCC(C(=O)c3ccccn3)C1)OCO2. The van der Waals surface area contributed by atoms with Crippen LogP contribution in [-0.4, -0.2) is 41.6 Å². The number of fused-ring (bicyclic) bond motifs is 1. The van der Waals surface area contributed by atoms with Gasteiger partial charge < -0.3 is 19.7 Å². The van der Waals surface area contributed by atoms with Crippen LogP contribution in [0.25, 0.3) is 0 Å². The van der Waals surface area contributed by atoms with Crippen molar-refractivity contribution in [1.82, 2.24) is 9.88 Å². The Hall–Kier alpha value is -3.09. The van der Waals surface area contributed by atoms with Gasteiger partial charge in [-0.2, -0.15) is 0 Å². The highest BCUT2D eigenvalue weighted by molar-refractivity contribution is 5.97. The van der Waals surface area contributed by atoms with Crippen LogP contribution in [0.1, 0.15) is 28.9 Å². The van der Waals surface area contributed by atoms with Crippen molar-refractivity contribution >= 4 is 17.5 Å². The minimum atomic E-state index is -0.225. The van der Waals surface area contributed by atoms with E-state index in [1.54, 1.807) is 35.4 Å². The van der Waals surface area contributed by atoms with Crippen LogP contribution in [0.15, 0.2) is 36.5 Å². The summed E-state index contributed by atoms with van der Waals surface area (Å²) in [6.45, 7) is 3.11. The number of piperidine rings is 1. The van der Waals surface area contributed by atoms with Crippen molar-refractivity contribution < 1.29 is 19.1 Å². The first-order valence-electron chi connectivity index (χ1n) is 9.03. The van der Waals surface area contributed by atoms with Crippen LogP contribution in [0.3, 0.4) is 0 Å². The van der Waals surface area contributed by atoms with Crippen LogP contribution in [0.4, 0.5) is 10.5 Å². The normalized spacial score (nSPS) is 18.3. The average Bonchev–Trinajstić information content (AvgIpc) is 3.15. The molecule has 0 aliphatic carbocycles. The van der Waals surface area contributed by atoms with Gasteiger partial charge in [0.2, 0.25) is 6.79 Å². The molecule has 140 valence electrons. The van der Waals surface area contributed by atoms with Crippen LogP contribution in [0, 0.1) is 12.8 Å². The standard InChI is InChI=1S/C20H21N3O4/c1-13-9-17-18(27-12-26-17)10-16(13)22-20(25)23-8-4-5-14(11-23)19(24)15-6-2-3-7-21-15/h2-3,6-7,9-10,14H,4-5,8,11-12H2,1H3,(H,22,25). The Morgan fingerprint density at radius 2 is 2.04 bits per heavy atom. The second kappa shape index (κ2) is 7.26. The molecule has 2 amide bonds. The molecule has 1 saturated heterocycles. The molecule has 0 saturated carbocycles. The van der Waals surface area contributed by atoms with Gasteiger partial charge in [-0.05, 0) is 43.5 Å².